The van der Waals surface area contributed by atoms with Gasteiger partial charge in [0, 0.05) is 25.9 Å². The third-order valence-electron chi connectivity index (χ3n) is 4.89. The molecule has 1 atom stereocenters. The van der Waals surface area contributed by atoms with Crippen molar-refractivity contribution in [1.29, 1.82) is 0 Å². The van der Waals surface area contributed by atoms with Gasteiger partial charge < -0.3 is 14.8 Å². The molecule has 3 N–H and O–H groups in total. The van der Waals surface area contributed by atoms with Crippen LogP contribution in [0.25, 0.3) is 10.9 Å². The Morgan fingerprint density at radius 1 is 1.19 bits per heavy atom. The third-order valence-corrected chi connectivity index (χ3v) is 4.89. The number of halogens is 3. The van der Waals surface area contributed by atoms with Gasteiger partial charge in [-0.15, -0.1) is 0 Å². The number of aromatic amines is 1. The number of carbonyl (C=O) groups excluding carboxylic acids is 1. The van der Waals surface area contributed by atoms with E-state index in [9.17, 15) is 32.7 Å². The number of alkyl halides is 3. The Bertz CT molecular complexity index is 1210. The van der Waals surface area contributed by atoms with Crippen molar-refractivity contribution in [2.24, 2.45) is 0 Å². The van der Waals surface area contributed by atoms with Crippen molar-refractivity contribution in [2.75, 3.05) is 6.54 Å². The lowest BCUT2D eigenvalue weighted by Gasteiger charge is -2.28. The normalized spacial score (nSPS) is 13.8. The fraction of sp³-hybridized carbons (Fsp3) is 0.350. The monoisotopic (exact) mass is 439 g/mol. The van der Waals surface area contributed by atoms with Gasteiger partial charge in [-0.05, 0) is 31.2 Å². The molecular weight excluding hydrogens is 419 g/mol. The minimum Gasteiger partial charge on any atom is -0.463 e. The van der Waals surface area contributed by atoms with Gasteiger partial charge in [0.25, 0.3) is 5.56 Å². The second kappa shape index (κ2) is 8.42. The predicted molar refractivity (Wildman–Crippen MR) is 104 cm³/mol. The van der Waals surface area contributed by atoms with E-state index < -0.39 is 47.7 Å². The maximum absolute atomic E-state index is 13.4. The van der Waals surface area contributed by atoms with E-state index in [1.807, 2.05) is 0 Å². The van der Waals surface area contributed by atoms with Crippen molar-refractivity contribution >= 4 is 16.8 Å². The minimum absolute atomic E-state index is 0.0944. The molecule has 8 nitrogen and oxygen atoms in total. The summed E-state index contributed by atoms with van der Waals surface area (Å²) < 4.78 is 46.4. The van der Waals surface area contributed by atoms with E-state index in [0.29, 0.717) is 5.52 Å². The van der Waals surface area contributed by atoms with Gasteiger partial charge in [0.05, 0.1) is 10.9 Å². The number of para-hydroxylation sites is 1. The van der Waals surface area contributed by atoms with Crippen LogP contribution in [0.1, 0.15) is 24.4 Å². The molecule has 0 bridgehead atoms. The smallest absolute Gasteiger partial charge is 0.424 e. The van der Waals surface area contributed by atoms with Crippen LogP contribution in [0.2, 0.25) is 0 Å². The summed E-state index contributed by atoms with van der Waals surface area (Å²) in [6.07, 6.45) is -6.08. The Morgan fingerprint density at radius 3 is 2.55 bits per heavy atom. The predicted octanol–water partition coefficient (Wildman–Crippen LogP) is 1.94. The SMILES string of the molecule is Cc1ccc(C(O)(CCNC(=O)CCn2c(=O)[nH]c(=O)c3ccccc32)C(F)(F)F)o1. The standard InChI is InChI=1S/C20H20F3N3O5/c1-12-6-7-15(31-12)19(30,20(21,22)23)9-10-24-16(27)8-11-26-14-5-3-2-4-13(14)17(28)25-18(26)29/h2-7,30H,8-11H2,1H3,(H,24,27)(H,25,28,29). The number of hydrogen-bond acceptors (Lipinski definition) is 5. The van der Waals surface area contributed by atoms with Crippen molar-refractivity contribution in [2.45, 2.75) is 38.1 Å². The summed E-state index contributed by atoms with van der Waals surface area (Å²) in [7, 11) is 0. The number of aryl methyl sites for hydroxylation is 2. The van der Waals surface area contributed by atoms with Gasteiger partial charge in [-0.3, -0.25) is 19.1 Å². The highest BCUT2D eigenvalue weighted by molar-refractivity contribution is 5.78. The Kier molecular flexibility index (Phi) is 6.07. The maximum atomic E-state index is 13.4. The number of nitrogens with one attached hydrogen (secondary N) is 2. The fourth-order valence-electron chi connectivity index (χ4n) is 3.21. The summed E-state index contributed by atoms with van der Waals surface area (Å²) in [6.45, 7) is 0.878. The average molecular weight is 439 g/mol. The van der Waals surface area contributed by atoms with Gasteiger partial charge >= 0.3 is 11.9 Å². The molecule has 1 amide bonds. The lowest BCUT2D eigenvalue weighted by atomic mass is 9.95. The molecule has 1 aromatic carbocycles. The first-order valence-corrected chi connectivity index (χ1v) is 9.37. The number of rotatable bonds is 7. The quantitative estimate of drug-likeness (QED) is 0.520. The molecular formula is C20H20F3N3O5. The Morgan fingerprint density at radius 2 is 1.90 bits per heavy atom. The molecule has 0 saturated carbocycles. The number of aliphatic hydroxyl groups is 1. The van der Waals surface area contributed by atoms with E-state index in [-0.39, 0.29) is 24.1 Å². The van der Waals surface area contributed by atoms with Crippen LogP contribution in [0, 0.1) is 6.92 Å². The second-order valence-corrected chi connectivity index (χ2v) is 7.05. The number of H-pyrrole nitrogens is 1. The molecule has 3 aromatic rings. The molecule has 0 aliphatic carbocycles. The van der Waals surface area contributed by atoms with E-state index in [2.05, 4.69) is 10.3 Å². The summed E-state index contributed by atoms with van der Waals surface area (Å²) in [6, 6.07) is 8.68. The molecule has 0 spiro atoms. The first-order chi connectivity index (χ1) is 14.5. The number of carbonyl (C=O) groups is 1. The minimum atomic E-state index is -5.01. The lowest BCUT2D eigenvalue weighted by molar-refractivity contribution is -0.274. The molecule has 0 radical (unpaired) electrons. The number of aromatic nitrogens is 2. The molecule has 3 rings (SSSR count). The van der Waals surface area contributed by atoms with E-state index in [0.717, 1.165) is 6.07 Å². The molecule has 0 aliphatic heterocycles. The van der Waals surface area contributed by atoms with Gasteiger partial charge in [0.1, 0.15) is 11.5 Å². The summed E-state index contributed by atoms with van der Waals surface area (Å²) in [5.41, 5.74) is -4.17. The first kappa shape index (κ1) is 22.3. The molecule has 0 fully saturated rings. The number of benzene rings is 1. The zero-order chi connectivity index (χ0) is 22.8. The number of nitrogens with zero attached hydrogens (tertiary/aromatic N) is 1. The number of amides is 1. The third kappa shape index (κ3) is 4.55. The summed E-state index contributed by atoms with van der Waals surface area (Å²) in [4.78, 5) is 38.2. The van der Waals surface area contributed by atoms with Crippen LogP contribution in [0.15, 0.2) is 50.4 Å². The van der Waals surface area contributed by atoms with Crippen LogP contribution in [0.5, 0.6) is 0 Å². The largest absolute Gasteiger partial charge is 0.463 e. The second-order valence-electron chi connectivity index (χ2n) is 7.05. The maximum Gasteiger partial charge on any atom is 0.424 e. The van der Waals surface area contributed by atoms with Crippen LogP contribution in [0.4, 0.5) is 13.2 Å². The van der Waals surface area contributed by atoms with Gasteiger partial charge in [0.15, 0.2) is 0 Å². The Hall–Kier alpha value is -3.34. The molecule has 1 unspecified atom stereocenters. The molecule has 0 aliphatic rings. The van der Waals surface area contributed by atoms with Crippen molar-refractivity contribution in [1.82, 2.24) is 14.9 Å². The van der Waals surface area contributed by atoms with E-state index in [1.165, 1.54) is 23.6 Å². The van der Waals surface area contributed by atoms with Gasteiger partial charge in [-0.1, -0.05) is 12.1 Å². The zero-order valence-electron chi connectivity index (χ0n) is 16.5. The topological polar surface area (TPSA) is 117 Å². The lowest BCUT2D eigenvalue weighted by Crippen LogP contribution is -2.44. The number of furan rings is 1. The van der Waals surface area contributed by atoms with Gasteiger partial charge in [-0.25, -0.2) is 4.79 Å². The number of hydrogen-bond donors (Lipinski definition) is 3. The zero-order valence-corrected chi connectivity index (χ0v) is 16.5. The molecule has 2 heterocycles. The van der Waals surface area contributed by atoms with Gasteiger partial charge in [-0.2, -0.15) is 13.2 Å². The van der Waals surface area contributed by atoms with Crippen molar-refractivity contribution in [3.05, 3.63) is 68.8 Å². The molecule has 31 heavy (non-hydrogen) atoms. The van der Waals surface area contributed by atoms with E-state index >= 15 is 0 Å². The molecule has 2 aromatic heterocycles. The average Bonchev–Trinajstić information content (AvgIpc) is 3.13. The highest BCUT2D eigenvalue weighted by Gasteiger charge is 2.56. The van der Waals surface area contributed by atoms with Crippen LogP contribution in [-0.2, 0) is 16.9 Å². The summed E-state index contributed by atoms with van der Waals surface area (Å²) in [5, 5.41) is 12.8. The van der Waals surface area contributed by atoms with E-state index in [4.69, 9.17) is 4.42 Å². The van der Waals surface area contributed by atoms with Crippen molar-refractivity contribution < 1.29 is 27.5 Å². The molecule has 11 heteroatoms. The summed E-state index contributed by atoms with van der Waals surface area (Å²) in [5.74, 6) is -1.07. The molecule has 0 saturated heterocycles. The van der Waals surface area contributed by atoms with Crippen LogP contribution >= 0.6 is 0 Å². The number of fused-ring (bicyclic) bond motifs is 1. The van der Waals surface area contributed by atoms with Gasteiger partial charge in [0.2, 0.25) is 11.5 Å². The van der Waals surface area contributed by atoms with Crippen molar-refractivity contribution in [3.63, 3.8) is 0 Å². The van der Waals surface area contributed by atoms with E-state index in [1.54, 1.807) is 18.2 Å². The van der Waals surface area contributed by atoms with Crippen LogP contribution in [0.3, 0.4) is 0 Å². The fourth-order valence-corrected chi connectivity index (χ4v) is 3.21. The van der Waals surface area contributed by atoms with Crippen molar-refractivity contribution in [3.8, 4) is 0 Å². The first-order valence-electron chi connectivity index (χ1n) is 9.37. The van der Waals surface area contributed by atoms with Crippen LogP contribution in [-0.4, -0.2) is 33.3 Å². The molecule has 166 valence electrons. The highest BCUT2D eigenvalue weighted by Crippen LogP contribution is 2.42. The Labute approximate surface area is 173 Å². The summed E-state index contributed by atoms with van der Waals surface area (Å²) >= 11 is 0. The van der Waals surface area contributed by atoms with Crippen LogP contribution < -0.4 is 16.6 Å². The Balaban J connectivity index is 1.65. The highest BCUT2D eigenvalue weighted by atomic mass is 19.4.